The van der Waals surface area contributed by atoms with Gasteiger partial charge in [-0.3, -0.25) is 4.90 Å². The summed E-state index contributed by atoms with van der Waals surface area (Å²) in [6.07, 6.45) is 4.76. The first-order valence-electron chi connectivity index (χ1n) is 7.75. The molecule has 1 atom stereocenters. The Labute approximate surface area is 131 Å². The third-order valence-electron chi connectivity index (χ3n) is 3.76. The van der Waals surface area contributed by atoms with Gasteiger partial charge in [0.25, 0.3) is 0 Å². The Morgan fingerprint density at radius 3 is 2.77 bits per heavy atom. The lowest BCUT2D eigenvalue weighted by molar-refractivity contribution is 0.200. The zero-order valence-corrected chi connectivity index (χ0v) is 13.3. The fourth-order valence-corrected chi connectivity index (χ4v) is 2.42. The molecule has 0 saturated heterocycles. The predicted molar refractivity (Wildman–Crippen MR) is 86.9 cm³/mol. The summed E-state index contributed by atoms with van der Waals surface area (Å²) in [6, 6.07) is 7.14. The molecule has 120 valence electrons. The van der Waals surface area contributed by atoms with Crippen LogP contribution < -0.4 is 4.90 Å². The first kappa shape index (κ1) is 17.9. The smallest absolute Gasteiger partial charge is 0.411 e. The van der Waals surface area contributed by atoms with E-state index in [1.54, 1.807) is 18.2 Å². The molecule has 0 aliphatic rings. The van der Waals surface area contributed by atoms with E-state index in [0.717, 1.165) is 31.2 Å². The number of carbonyl (C=O) groups is 1. The molecule has 0 bridgehead atoms. The summed E-state index contributed by atoms with van der Waals surface area (Å²) in [4.78, 5) is 26.7. The Kier molecular flexibility index (Phi) is 7.94. The largest absolute Gasteiger partial charge is 0.465 e. The number of isocyanates is 1. The van der Waals surface area contributed by atoms with Gasteiger partial charge in [0.15, 0.2) is 0 Å². The van der Waals surface area contributed by atoms with E-state index < -0.39 is 6.09 Å². The fourth-order valence-electron chi connectivity index (χ4n) is 2.42. The van der Waals surface area contributed by atoms with Crippen LogP contribution in [0.5, 0.6) is 0 Å². The van der Waals surface area contributed by atoms with E-state index in [1.807, 2.05) is 6.07 Å². The quantitative estimate of drug-likeness (QED) is 0.548. The second kappa shape index (κ2) is 9.74. The number of aliphatic imine (C=N–C) groups is 1. The van der Waals surface area contributed by atoms with Gasteiger partial charge in [-0.2, -0.15) is 0 Å². The second-order valence-corrected chi connectivity index (χ2v) is 5.39. The monoisotopic (exact) mass is 304 g/mol. The van der Waals surface area contributed by atoms with E-state index in [4.69, 9.17) is 0 Å². The minimum Gasteiger partial charge on any atom is -0.465 e. The Morgan fingerprint density at radius 1 is 1.41 bits per heavy atom. The minimum atomic E-state index is -0.953. The highest BCUT2D eigenvalue weighted by molar-refractivity contribution is 5.86. The topological polar surface area (TPSA) is 70.0 Å². The predicted octanol–water partition coefficient (Wildman–Crippen LogP) is 4.22. The minimum absolute atomic E-state index is 0.220. The molecule has 1 amide bonds. The van der Waals surface area contributed by atoms with Crippen LogP contribution in [-0.4, -0.2) is 23.8 Å². The molecule has 0 spiro atoms. The Bertz CT molecular complexity index is 524. The number of anilines is 1. The van der Waals surface area contributed by atoms with Crippen molar-refractivity contribution < 1.29 is 14.7 Å². The highest BCUT2D eigenvalue weighted by Crippen LogP contribution is 2.22. The molecule has 5 heteroatoms. The summed E-state index contributed by atoms with van der Waals surface area (Å²) >= 11 is 0. The molecule has 22 heavy (non-hydrogen) atoms. The number of benzene rings is 1. The van der Waals surface area contributed by atoms with Gasteiger partial charge >= 0.3 is 6.09 Å². The molecule has 0 heterocycles. The van der Waals surface area contributed by atoms with Crippen LogP contribution in [0.2, 0.25) is 0 Å². The van der Waals surface area contributed by atoms with Crippen molar-refractivity contribution in [3.63, 3.8) is 0 Å². The van der Waals surface area contributed by atoms with E-state index in [2.05, 4.69) is 18.8 Å². The number of hydrogen-bond acceptors (Lipinski definition) is 3. The fraction of sp³-hybridized carbons (Fsp3) is 0.529. The zero-order valence-electron chi connectivity index (χ0n) is 13.3. The summed E-state index contributed by atoms with van der Waals surface area (Å²) in [5.74, 6) is 0.354. The van der Waals surface area contributed by atoms with E-state index in [0.29, 0.717) is 18.2 Å². The first-order valence-corrected chi connectivity index (χ1v) is 7.75. The molecule has 0 saturated carbocycles. The zero-order chi connectivity index (χ0) is 16.4. The average molecular weight is 304 g/mol. The van der Waals surface area contributed by atoms with Crippen molar-refractivity contribution in [2.45, 2.75) is 46.1 Å². The molecule has 1 unspecified atom stereocenters. The van der Waals surface area contributed by atoms with Crippen LogP contribution in [0, 0.1) is 5.92 Å². The van der Waals surface area contributed by atoms with Crippen molar-refractivity contribution >= 4 is 17.9 Å². The summed E-state index contributed by atoms with van der Waals surface area (Å²) in [5, 5.41) is 9.50. The Balaban J connectivity index is 2.90. The van der Waals surface area contributed by atoms with Gasteiger partial charge in [-0.25, -0.2) is 14.6 Å². The van der Waals surface area contributed by atoms with Crippen molar-refractivity contribution in [1.82, 2.24) is 0 Å². The third-order valence-corrected chi connectivity index (χ3v) is 3.76. The molecule has 0 aromatic heterocycles. The number of rotatable bonds is 9. The van der Waals surface area contributed by atoms with Crippen LogP contribution in [0.15, 0.2) is 29.3 Å². The van der Waals surface area contributed by atoms with Gasteiger partial charge in [0, 0.05) is 12.2 Å². The van der Waals surface area contributed by atoms with Crippen LogP contribution in [-0.2, 0) is 11.3 Å². The summed E-state index contributed by atoms with van der Waals surface area (Å²) < 4.78 is 0. The van der Waals surface area contributed by atoms with E-state index >= 15 is 0 Å². The van der Waals surface area contributed by atoms with Gasteiger partial charge in [-0.1, -0.05) is 45.2 Å². The maximum absolute atomic E-state index is 11.6. The first-order chi connectivity index (χ1) is 10.6. The number of carbonyl (C=O) groups excluding carboxylic acids is 1. The lowest BCUT2D eigenvalue weighted by atomic mass is 9.98. The highest BCUT2D eigenvalue weighted by atomic mass is 16.4. The molecular weight excluding hydrogens is 280 g/mol. The number of nitrogens with zero attached hydrogens (tertiary/aromatic N) is 2. The van der Waals surface area contributed by atoms with Gasteiger partial charge in [-0.05, 0) is 30.0 Å². The van der Waals surface area contributed by atoms with Crippen molar-refractivity contribution in [3.05, 3.63) is 29.8 Å². The van der Waals surface area contributed by atoms with Crippen molar-refractivity contribution in [1.29, 1.82) is 0 Å². The molecule has 0 aliphatic heterocycles. The third kappa shape index (κ3) is 5.70. The Morgan fingerprint density at radius 2 is 2.18 bits per heavy atom. The molecular formula is C17H24N2O3. The van der Waals surface area contributed by atoms with Crippen molar-refractivity contribution in [2.75, 3.05) is 11.4 Å². The van der Waals surface area contributed by atoms with Gasteiger partial charge in [-0.15, -0.1) is 0 Å². The lowest BCUT2D eigenvalue weighted by Gasteiger charge is -2.25. The lowest BCUT2D eigenvalue weighted by Crippen LogP contribution is -2.34. The standard InChI is InChI=1S/C17H24N2O3/c1-3-5-7-14(4-2)12-19(17(21)22)16-9-6-8-15(10-16)11-18-13-20/h6,8-10,14H,3-5,7,11-12H2,1-2H3,(H,21,22). The van der Waals surface area contributed by atoms with Crippen LogP contribution in [0.25, 0.3) is 0 Å². The number of hydrogen-bond donors (Lipinski definition) is 1. The summed E-state index contributed by atoms with van der Waals surface area (Å²) in [5.41, 5.74) is 1.43. The molecule has 1 aromatic rings. The average Bonchev–Trinajstić information content (AvgIpc) is 2.53. The molecule has 1 rings (SSSR count). The van der Waals surface area contributed by atoms with Crippen LogP contribution in [0.3, 0.4) is 0 Å². The normalized spacial score (nSPS) is 11.5. The second-order valence-electron chi connectivity index (χ2n) is 5.39. The van der Waals surface area contributed by atoms with Gasteiger partial charge < -0.3 is 5.11 Å². The van der Waals surface area contributed by atoms with Crippen molar-refractivity contribution in [3.8, 4) is 0 Å². The molecule has 1 N–H and O–H groups in total. The summed E-state index contributed by atoms with van der Waals surface area (Å²) in [7, 11) is 0. The van der Waals surface area contributed by atoms with Crippen LogP contribution in [0.4, 0.5) is 10.5 Å². The number of unbranched alkanes of at least 4 members (excludes halogenated alkanes) is 1. The van der Waals surface area contributed by atoms with Crippen LogP contribution in [0.1, 0.15) is 45.1 Å². The van der Waals surface area contributed by atoms with Gasteiger partial charge in [0.1, 0.15) is 0 Å². The van der Waals surface area contributed by atoms with E-state index in [1.165, 1.54) is 11.0 Å². The van der Waals surface area contributed by atoms with Gasteiger partial charge in [0.2, 0.25) is 6.08 Å². The van der Waals surface area contributed by atoms with Crippen LogP contribution >= 0.6 is 0 Å². The van der Waals surface area contributed by atoms with E-state index in [9.17, 15) is 14.7 Å². The molecule has 0 radical (unpaired) electrons. The van der Waals surface area contributed by atoms with Gasteiger partial charge in [0.05, 0.1) is 6.54 Å². The maximum Gasteiger partial charge on any atom is 0.411 e. The van der Waals surface area contributed by atoms with Crippen molar-refractivity contribution in [2.24, 2.45) is 10.9 Å². The Hall–Kier alpha value is -2.13. The highest BCUT2D eigenvalue weighted by Gasteiger charge is 2.19. The molecule has 1 aromatic carbocycles. The maximum atomic E-state index is 11.6. The summed E-state index contributed by atoms with van der Waals surface area (Å²) in [6.45, 7) is 4.94. The number of amides is 1. The van der Waals surface area contributed by atoms with E-state index in [-0.39, 0.29) is 6.54 Å². The SMILES string of the molecule is CCCCC(CC)CN(C(=O)O)c1cccc(CN=C=O)c1. The molecule has 0 aliphatic carbocycles. The molecule has 0 fully saturated rings. The molecule has 5 nitrogen and oxygen atoms in total. The number of carboxylic acid groups (broad SMARTS) is 1.